The van der Waals surface area contributed by atoms with Crippen LogP contribution in [0.4, 0.5) is 10.7 Å². The zero-order chi connectivity index (χ0) is 14.5. The second-order valence-electron chi connectivity index (χ2n) is 4.02. The van der Waals surface area contributed by atoms with Crippen LogP contribution in [0.2, 0.25) is 0 Å². The summed E-state index contributed by atoms with van der Waals surface area (Å²) in [4.78, 5) is 22.7. The molecule has 0 bridgehead atoms. The third-order valence-corrected chi connectivity index (χ3v) is 3.75. The van der Waals surface area contributed by atoms with Gasteiger partial charge in [-0.25, -0.2) is 0 Å². The average molecular weight is 291 g/mol. The summed E-state index contributed by atoms with van der Waals surface area (Å²) in [5.41, 5.74) is 0.711. The molecule has 2 aromatic rings. The number of rotatable bonds is 5. The van der Waals surface area contributed by atoms with Gasteiger partial charge < -0.3 is 10.6 Å². The third-order valence-electron chi connectivity index (χ3n) is 2.65. The Bertz CT molecular complexity index is 639. The van der Waals surface area contributed by atoms with E-state index in [4.69, 9.17) is 0 Å². The molecule has 0 saturated heterocycles. The molecule has 2 rings (SSSR count). The van der Waals surface area contributed by atoms with Gasteiger partial charge in [0.2, 0.25) is 0 Å². The van der Waals surface area contributed by atoms with E-state index >= 15 is 0 Å². The molecule has 0 aliphatic heterocycles. The van der Waals surface area contributed by atoms with E-state index < -0.39 is 4.92 Å². The summed E-state index contributed by atoms with van der Waals surface area (Å²) < 4.78 is 0. The number of nitrogens with zero attached hydrogens (tertiary/aromatic N) is 1. The van der Waals surface area contributed by atoms with E-state index in [2.05, 4.69) is 10.6 Å². The minimum absolute atomic E-state index is 0.0188. The molecule has 1 heterocycles. The zero-order valence-corrected chi connectivity index (χ0v) is 11.6. The number of amides is 1. The van der Waals surface area contributed by atoms with E-state index in [0.29, 0.717) is 10.4 Å². The monoisotopic (exact) mass is 291 g/mol. The van der Waals surface area contributed by atoms with E-state index in [0.717, 1.165) is 5.00 Å². The lowest BCUT2D eigenvalue weighted by Crippen LogP contribution is -2.21. The van der Waals surface area contributed by atoms with Crippen LogP contribution in [-0.4, -0.2) is 17.9 Å². The Morgan fingerprint density at radius 2 is 2.15 bits per heavy atom. The molecule has 2 N–H and O–H groups in total. The van der Waals surface area contributed by atoms with Crippen molar-refractivity contribution in [2.45, 2.75) is 6.54 Å². The van der Waals surface area contributed by atoms with Crippen LogP contribution in [0.15, 0.2) is 36.4 Å². The smallest absolute Gasteiger partial charge is 0.269 e. The van der Waals surface area contributed by atoms with Gasteiger partial charge in [0, 0.05) is 25.7 Å². The highest BCUT2D eigenvalue weighted by Crippen LogP contribution is 2.21. The molecule has 0 fully saturated rings. The molecule has 0 spiro atoms. The molecule has 6 nitrogen and oxygen atoms in total. The number of nitro groups is 1. The second-order valence-corrected chi connectivity index (χ2v) is 5.11. The van der Waals surface area contributed by atoms with Crippen molar-refractivity contribution in [3.05, 3.63) is 57.0 Å². The van der Waals surface area contributed by atoms with Gasteiger partial charge in [0.1, 0.15) is 0 Å². The summed E-state index contributed by atoms with van der Waals surface area (Å²) in [5.74, 6) is -0.192. The largest absolute Gasteiger partial charge is 0.380 e. The number of carbonyl (C=O) groups excluding carboxylic acids is 1. The first-order valence-corrected chi connectivity index (χ1v) is 6.71. The third kappa shape index (κ3) is 3.33. The van der Waals surface area contributed by atoms with Crippen molar-refractivity contribution in [2.24, 2.45) is 0 Å². The van der Waals surface area contributed by atoms with Crippen LogP contribution in [0, 0.1) is 10.1 Å². The highest BCUT2D eigenvalue weighted by atomic mass is 32.1. The number of hydrogen-bond donors (Lipinski definition) is 2. The Hall–Kier alpha value is -2.41. The number of thiophene rings is 1. The summed E-state index contributed by atoms with van der Waals surface area (Å²) in [6.45, 7) is 0.257. The molecule has 0 unspecified atom stereocenters. The lowest BCUT2D eigenvalue weighted by atomic mass is 10.2. The van der Waals surface area contributed by atoms with Gasteiger partial charge in [0.25, 0.3) is 11.6 Å². The molecule has 1 amide bonds. The first-order chi connectivity index (χ1) is 9.60. The number of benzene rings is 1. The van der Waals surface area contributed by atoms with Crippen molar-refractivity contribution >= 4 is 27.9 Å². The van der Waals surface area contributed by atoms with Gasteiger partial charge in [0.05, 0.1) is 14.8 Å². The van der Waals surface area contributed by atoms with Gasteiger partial charge in [-0.1, -0.05) is 12.1 Å². The van der Waals surface area contributed by atoms with Crippen LogP contribution in [0.3, 0.4) is 0 Å². The maximum absolute atomic E-state index is 11.9. The van der Waals surface area contributed by atoms with Crippen LogP contribution in [0.25, 0.3) is 0 Å². The highest BCUT2D eigenvalue weighted by Gasteiger charge is 2.10. The number of carbonyl (C=O) groups is 1. The Morgan fingerprint density at radius 1 is 1.35 bits per heavy atom. The maximum atomic E-state index is 11.9. The number of anilines is 1. The minimum atomic E-state index is -0.455. The van der Waals surface area contributed by atoms with Crippen LogP contribution >= 0.6 is 11.3 Å². The van der Waals surface area contributed by atoms with E-state index in [1.54, 1.807) is 25.2 Å². The summed E-state index contributed by atoms with van der Waals surface area (Å²) in [6.07, 6.45) is 0. The second kappa shape index (κ2) is 6.16. The fourth-order valence-electron chi connectivity index (χ4n) is 1.64. The fourth-order valence-corrected chi connectivity index (χ4v) is 2.42. The van der Waals surface area contributed by atoms with Gasteiger partial charge in [-0.3, -0.25) is 14.9 Å². The summed E-state index contributed by atoms with van der Waals surface area (Å²) in [7, 11) is 1.79. The normalized spacial score (nSPS) is 10.1. The van der Waals surface area contributed by atoms with Gasteiger partial charge in [-0.15, -0.1) is 11.3 Å². The van der Waals surface area contributed by atoms with Crippen molar-refractivity contribution in [1.82, 2.24) is 5.32 Å². The predicted octanol–water partition coefficient (Wildman–Crippen LogP) is 2.63. The summed E-state index contributed by atoms with van der Waals surface area (Å²) in [6, 6.07) is 9.77. The first-order valence-electron chi connectivity index (χ1n) is 5.89. The Morgan fingerprint density at radius 3 is 2.80 bits per heavy atom. The van der Waals surface area contributed by atoms with Gasteiger partial charge in [0.15, 0.2) is 0 Å². The Labute approximate surface area is 119 Å². The van der Waals surface area contributed by atoms with Gasteiger partial charge >= 0.3 is 0 Å². The summed E-state index contributed by atoms with van der Waals surface area (Å²) in [5, 5.41) is 17.3. The topological polar surface area (TPSA) is 84.3 Å². The molecule has 104 valence electrons. The lowest BCUT2D eigenvalue weighted by Gasteiger charge is -2.03. The fraction of sp³-hybridized carbons (Fsp3) is 0.154. The van der Waals surface area contributed by atoms with Crippen molar-refractivity contribution in [3.63, 3.8) is 0 Å². The summed E-state index contributed by atoms with van der Waals surface area (Å²) >= 11 is 1.35. The van der Waals surface area contributed by atoms with E-state index in [9.17, 15) is 14.9 Å². The number of non-ortho nitro benzene ring substituents is 1. The van der Waals surface area contributed by atoms with E-state index in [1.807, 2.05) is 6.07 Å². The first kappa shape index (κ1) is 14.0. The van der Waals surface area contributed by atoms with Crippen LogP contribution < -0.4 is 10.6 Å². The standard InChI is InChI=1S/C13H13N3O3S/c1-14-12-6-5-11(20-12)13(17)15-8-9-3-2-4-10(7-9)16(18)19/h2-7,14H,8H2,1H3,(H,15,17). The number of nitrogens with one attached hydrogen (secondary N) is 2. The molecule has 0 aliphatic rings. The minimum Gasteiger partial charge on any atom is -0.380 e. The molecule has 0 saturated carbocycles. The molecule has 0 radical (unpaired) electrons. The number of nitro benzene ring substituents is 1. The molecular formula is C13H13N3O3S. The van der Waals surface area contributed by atoms with Crippen LogP contribution in [0.5, 0.6) is 0 Å². The lowest BCUT2D eigenvalue weighted by molar-refractivity contribution is -0.384. The molecular weight excluding hydrogens is 278 g/mol. The molecule has 0 aliphatic carbocycles. The SMILES string of the molecule is CNc1ccc(C(=O)NCc2cccc([N+](=O)[O-])c2)s1. The quantitative estimate of drug-likeness (QED) is 0.655. The molecule has 1 aromatic heterocycles. The Kier molecular flexibility index (Phi) is 4.31. The molecule has 0 atom stereocenters. The molecule has 20 heavy (non-hydrogen) atoms. The highest BCUT2D eigenvalue weighted by molar-refractivity contribution is 7.17. The molecule has 7 heteroatoms. The zero-order valence-electron chi connectivity index (χ0n) is 10.8. The van der Waals surface area contributed by atoms with Crippen LogP contribution in [0.1, 0.15) is 15.2 Å². The Balaban J connectivity index is 1.99. The average Bonchev–Trinajstić information content (AvgIpc) is 2.94. The van der Waals surface area contributed by atoms with Crippen molar-refractivity contribution in [1.29, 1.82) is 0 Å². The van der Waals surface area contributed by atoms with Crippen LogP contribution in [-0.2, 0) is 6.54 Å². The van der Waals surface area contributed by atoms with Gasteiger partial charge in [-0.05, 0) is 17.7 Å². The predicted molar refractivity (Wildman–Crippen MR) is 78.1 cm³/mol. The van der Waals surface area contributed by atoms with Crippen molar-refractivity contribution in [3.8, 4) is 0 Å². The molecule has 1 aromatic carbocycles. The van der Waals surface area contributed by atoms with Crippen molar-refractivity contribution < 1.29 is 9.72 Å². The van der Waals surface area contributed by atoms with Gasteiger partial charge in [-0.2, -0.15) is 0 Å². The maximum Gasteiger partial charge on any atom is 0.269 e. The number of hydrogen-bond acceptors (Lipinski definition) is 5. The van der Waals surface area contributed by atoms with E-state index in [-0.39, 0.29) is 18.1 Å². The van der Waals surface area contributed by atoms with Crippen molar-refractivity contribution in [2.75, 3.05) is 12.4 Å². The van der Waals surface area contributed by atoms with E-state index in [1.165, 1.54) is 23.5 Å².